The maximum absolute atomic E-state index is 8.40. The first-order chi connectivity index (χ1) is 5.47. The summed E-state index contributed by atoms with van der Waals surface area (Å²) in [6, 6.07) is 0. The molecule has 0 spiro atoms. The normalized spacial score (nSPS) is 10.5. The van der Waals surface area contributed by atoms with E-state index in [1.165, 1.54) is 0 Å². The van der Waals surface area contributed by atoms with Crippen LogP contribution in [0.1, 0.15) is 47.0 Å². The Hall–Kier alpha value is -0.0800. The Morgan fingerprint density at radius 2 is 1.50 bits per heavy atom. The van der Waals surface area contributed by atoms with E-state index < -0.39 is 0 Å². The van der Waals surface area contributed by atoms with Gasteiger partial charge < -0.3 is 10.2 Å². The number of aliphatic hydroxyl groups excluding tert-OH is 2. The van der Waals surface area contributed by atoms with Crippen LogP contribution in [0.15, 0.2) is 0 Å². The van der Waals surface area contributed by atoms with Crippen molar-refractivity contribution in [2.75, 3.05) is 13.2 Å². The maximum atomic E-state index is 8.40. The Labute approximate surface area is 76.6 Å². The molecule has 76 valence electrons. The molecule has 0 amide bonds. The molecule has 0 saturated carbocycles. The Bertz CT molecular complexity index is 72.4. The van der Waals surface area contributed by atoms with E-state index in [1.54, 1.807) is 0 Å². The van der Waals surface area contributed by atoms with E-state index in [2.05, 4.69) is 27.7 Å². The lowest BCUT2D eigenvalue weighted by atomic mass is 9.93. The number of aliphatic hydroxyl groups is 2. The first kappa shape index (κ1) is 14.4. The summed E-state index contributed by atoms with van der Waals surface area (Å²) in [5.41, 5.74) is 0.300. The zero-order valence-corrected chi connectivity index (χ0v) is 8.93. The molecule has 2 nitrogen and oxygen atoms in total. The molecule has 0 atom stereocenters. The zero-order chi connectivity index (χ0) is 10.0. The van der Waals surface area contributed by atoms with Crippen LogP contribution >= 0.6 is 0 Å². The van der Waals surface area contributed by atoms with E-state index in [1.807, 2.05) is 0 Å². The third-order valence-corrected chi connectivity index (χ3v) is 1.37. The van der Waals surface area contributed by atoms with Crippen molar-refractivity contribution in [1.29, 1.82) is 0 Å². The van der Waals surface area contributed by atoms with Crippen LogP contribution in [0.5, 0.6) is 0 Å². The third-order valence-electron chi connectivity index (χ3n) is 1.37. The number of hydrogen-bond donors (Lipinski definition) is 2. The van der Waals surface area contributed by atoms with Crippen molar-refractivity contribution in [3.63, 3.8) is 0 Å². The molecular weight excluding hydrogens is 152 g/mol. The van der Waals surface area contributed by atoms with Gasteiger partial charge in [0, 0.05) is 13.2 Å². The molecule has 0 heterocycles. The van der Waals surface area contributed by atoms with E-state index in [-0.39, 0.29) is 0 Å². The molecule has 0 aromatic rings. The highest BCUT2D eigenvalue weighted by Crippen LogP contribution is 2.16. The fourth-order valence-corrected chi connectivity index (χ4v) is 0.494. The fourth-order valence-electron chi connectivity index (χ4n) is 0.494. The van der Waals surface area contributed by atoms with Crippen LogP contribution in [-0.4, -0.2) is 23.4 Å². The molecular formula is C10H24O2. The van der Waals surface area contributed by atoms with Gasteiger partial charge in [0.25, 0.3) is 0 Å². The Morgan fingerprint density at radius 1 is 1.00 bits per heavy atom. The molecule has 0 aliphatic heterocycles. The van der Waals surface area contributed by atoms with Crippen LogP contribution in [0.2, 0.25) is 0 Å². The summed E-state index contributed by atoms with van der Waals surface area (Å²) in [4.78, 5) is 0. The standard InChI is InChI=1S/C6H14O.C4H10O/c1-6(2,3)4-5-7;1-2-3-4-5/h7H,4-5H2,1-3H3;5H,2-4H2,1H3. The number of rotatable bonds is 3. The summed E-state index contributed by atoms with van der Waals surface area (Å²) in [6.45, 7) is 9.05. The molecule has 0 rings (SSSR count). The Kier molecular flexibility index (Phi) is 10.8. The van der Waals surface area contributed by atoms with Gasteiger partial charge in [-0.3, -0.25) is 0 Å². The molecule has 0 radical (unpaired) electrons. The highest BCUT2D eigenvalue weighted by atomic mass is 16.3. The highest BCUT2D eigenvalue weighted by molar-refractivity contribution is 4.58. The third kappa shape index (κ3) is 22.5. The van der Waals surface area contributed by atoms with Gasteiger partial charge in [-0.1, -0.05) is 34.1 Å². The molecule has 0 bridgehead atoms. The predicted octanol–water partition coefficient (Wildman–Crippen LogP) is 2.19. The van der Waals surface area contributed by atoms with Gasteiger partial charge in [-0.05, 0) is 18.3 Å². The van der Waals surface area contributed by atoms with E-state index in [9.17, 15) is 0 Å². The van der Waals surface area contributed by atoms with Gasteiger partial charge in [0.2, 0.25) is 0 Å². The van der Waals surface area contributed by atoms with Gasteiger partial charge in [-0.15, -0.1) is 0 Å². The van der Waals surface area contributed by atoms with E-state index >= 15 is 0 Å². The molecule has 0 aromatic carbocycles. The smallest absolute Gasteiger partial charge is 0.0436 e. The van der Waals surface area contributed by atoms with Crippen molar-refractivity contribution >= 4 is 0 Å². The average Bonchev–Trinajstić information content (AvgIpc) is 1.87. The first-order valence-electron chi connectivity index (χ1n) is 4.69. The van der Waals surface area contributed by atoms with Crippen molar-refractivity contribution in [2.45, 2.75) is 47.0 Å². The molecule has 0 aliphatic carbocycles. The largest absolute Gasteiger partial charge is 0.396 e. The monoisotopic (exact) mass is 176 g/mol. The van der Waals surface area contributed by atoms with Crippen LogP contribution in [0.4, 0.5) is 0 Å². The lowest BCUT2D eigenvalue weighted by Crippen LogP contribution is -2.06. The molecule has 0 saturated heterocycles. The van der Waals surface area contributed by atoms with Gasteiger partial charge in [0.1, 0.15) is 0 Å². The van der Waals surface area contributed by atoms with Crippen LogP contribution in [0, 0.1) is 5.41 Å². The molecule has 2 heteroatoms. The molecule has 0 fully saturated rings. The quantitative estimate of drug-likeness (QED) is 0.692. The van der Waals surface area contributed by atoms with Crippen molar-refractivity contribution in [2.24, 2.45) is 5.41 Å². The van der Waals surface area contributed by atoms with E-state index in [0.717, 1.165) is 19.3 Å². The van der Waals surface area contributed by atoms with Gasteiger partial charge in [0.15, 0.2) is 0 Å². The van der Waals surface area contributed by atoms with Crippen molar-refractivity contribution in [3.05, 3.63) is 0 Å². The lowest BCUT2D eigenvalue weighted by Gasteiger charge is -2.14. The summed E-state index contributed by atoms with van der Waals surface area (Å²) in [5.74, 6) is 0. The summed E-state index contributed by atoms with van der Waals surface area (Å²) < 4.78 is 0. The average molecular weight is 176 g/mol. The second-order valence-corrected chi connectivity index (χ2v) is 4.11. The van der Waals surface area contributed by atoms with Crippen LogP contribution in [0.25, 0.3) is 0 Å². The van der Waals surface area contributed by atoms with Gasteiger partial charge in [0.05, 0.1) is 0 Å². The summed E-state index contributed by atoms with van der Waals surface area (Å²) in [5, 5.41) is 16.5. The minimum atomic E-state index is 0.300. The molecule has 12 heavy (non-hydrogen) atoms. The van der Waals surface area contributed by atoms with Gasteiger partial charge in [-0.2, -0.15) is 0 Å². The lowest BCUT2D eigenvalue weighted by molar-refractivity contribution is 0.225. The molecule has 0 aromatic heterocycles. The zero-order valence-electron chi connectivity index (χ0n) is 8.93. The Balaban J connectivity index is 0. The van der Waals surface area contributed by atoms with Crippen LogP contribution in [0.3, 0.4) is 0 Å². The molecule has 2 N–H and O–H groups in total. The van der Waals surface area contributed by atoms with Gasteiger partial charge in [-0.25, -0.2) is 0 Å². The Morgan fingerprint density at radius 3 is 1.50 bits per heavy atom. The second kappa shape index (κ2) is 9.01. The molecule has 0 unspecified atom stereocenters. The van der Waals surface area contributed by atoms with Crippen LogP contribution in [-0.2, 0) is 0 Å². The second-order valence-electron chi connectivity index (χ2n) is 4.11. The SMILES string of the molecule is CC(C)(C)CCO.CCCCO. The predicted molar refractivity (Wildman–Crippen MR) is 53.2 cm³/mol. The molecule has 0 aliphatic rings. The van der Waals surface area contributed by atoms with Gasteiger partial charge >= 0.3 is 0 Å². The number of hydrogen-bond acceptors (Lipinski definition) is 2. The highest BCUT2D eigenvalue weighted by Gasteiger charge is 2.06. The van der Waals surface area contributed by atoms with Crippen LogP contribution < -0.4 is 0 Å². The van der Waals surface area contributed by atoms with Crippen molar-refractivity contribution in [1.82, 2.24) is 0 Å². The van der Waals surface area contributed by atoms with Crippen molar-refractivity contribution in [3.8, 4) is 0 Å². The minimum Gasteiger partial charge on any atom is -0.396 e. The first-order valence-corrected chi connectivity index (χ1v) is 4.69. The number of unbranched alkanes of at least 4 members (excludes halogenated alkanes) is 1. The topological polar surface area (TPSA) is 40.5 Å². The van der Waals surface area contributed by atoms with E-state index in [0.29, 0.717) is 18.6 Å². The summed E-state index contributed by atoms with van der Waals surface area (Å²) >= 11 is 0. The van der Waals surface area contributed by atoms with Crippen molar-refractivity contribution < 1.29 is 10.2 Å². The summed E-state index contributed by atoms with van der Waals surface area (Å²) in [6.07, 6.45) is 2.93. The fraction of sp³-hybridized carbons (Fsp3) is 1.00. The summed E-state index contributed by atoms with van der Waals surface area (Å²) in [7, 11) is 0. The van der Waals surface area contributed by atoms with E-state index in [4.69, 9.17) is 10.2 Å². The maximum Gasteiger partial charge on any atom is 0.0436 e. The minimum absolute atomic E-state index is 0.300.